The molecule has 6 heteroatoms. The molecule has 2 aromatic carbocycles. The number of benzene rings is 2. The predicted molar refractivity (Wildman–Crippen MR) is 121 cm³/mol. The van der Waals surface area contributed by atoms with Crippen molar-refractivity contribution in [2.45, 2.75) is 25.7 Å². The Kier molecular flexibility index (Phi) is 6.99. The van der Waals surface area contributed by atoms with Crippen LogP contribution in [0.3, 0.4) is 0 Å². The fraction of sp³-hybridized carbons (Fsp3) is 0.400. The van der Waals surface area contributed by atoms with E-state index >= 15 is 0 Å². The second kappa shape index (κ2) is 10.1. The Morgan fingerprint density at radius 1 is 1.19 bits per heavy atom. The maximum atomic E-state index is 13.6. The number of aromatic nitrogens is 1. The molecule has 0 aliphatic carbocycles. The lowest BCUT2D eigenvalue weighted by molar-refractivity contribution is -0.121. The largest absolute Gasteiger partial charge is 0.379 e. The molecule has 0 unspecified atom stereocenters. The van der Waals surface area contributed by atoms with Crippen LogP contribution in [0.25, 0.3) is 10.9 Å². The van der Waals surface area contributed by atoms with Gasteiger partial charge < -0.3 is 15.0 Å². The summed E-state index contributed by atoms with van der Waals surface area (Å²) < 4.78 is 18.9. The molecule has 1 saturated heterocycles. The number of nitrogens with zero attached hydrogens (tertiary/aromatic N) is 1. The number of hydrogen-bond acceptors (Lipinski definition) is 3. The standard InChI is InChI=1S/C25H30FN3O2/c1-2-18-4-3-5-21-23(17-28-25(18)21)22(19-6-8-20(26)9-7-19)16-24(30)27-10-11-29-12-14-31-15-13-29/h3-9,17,22,28H,2,10-16H2,1H3,(H,27,30)/t22-/m1/s1. The van der Waals surface area contributed by atoms with Gasteiger partial charge in [0.05, 0.1) is 13.2 Å². The summed E-state index contributed by atoms with van der Waals surface area (Å²) in [5.41, 5.74) is 4.36. The van der Waals surface area contributed by atoms with Crippen LogP contribution in [0.2, 0.25) is 0 Å². The number of nitrogens with one attached hydrogen (secondary N) is 2. The number of rotatable bonds is 8. The summed E-state index contributed by atoms with van der Waals surface area (Å²) in [6, 6.07) is 12.8. The zero-order valence-corrected chi connectivity index (χ0v) is 18.0. The van der Waals surface area contributed by atoms with E-state index in [0.717, 1.165) is 61.3 Å². The molecule has 1 amide bonds. The summed E-state index contributed by atoms with van der Waals surface area (Å²) in [5, 5.41) is 4.19. The lowest BCUT2D eigenvalue weighted by atomic mass is 9.87. The first-order chi connectivity index (χ1) is 15.2. The highest BCUT2D eigenvalue weighted by Crippen LogP contribution is 2.34. The molecular formula is C25H30FN3O2. The van der Waals surface area contributed by atoms with Crippen LogP contribution in [-0.2, 0) is 16.0 Å². The minimum absolute atomic E-state index is 0.00332. The van der Waals surface area contributed by atoms with Gasteiger partial charge in [0.25, 0.3) is 0 Å². The van der Waals surface area contributed by atoms with Crippen LogP contribution in [0.4, 0.5) is 4.39 Å². The number of hydrogen-bond donors (Lipinski definition) is 2. The first-order valence-corrected chi connectivity index (χ1v) is 11.1. The fourth-order valence-corrected chi connectivity index (χ4v) is 4.36. The minimum Gasteiger partial charge on any atom is -0.379 e. The zero-order chi connectivity index (χ0) is 21.6. The van der Waals surface area contributed by atoms with Gasteiger partial charge in [0.15, 0.2) is 0 Å². The van der Waals surface area contributed by atoms with Gasteiger partial charge in [0.1, 0.15) is 5.82 Å². The molecule has 5 nitrogen and oxygen atoms in total. The molecule has 2 heterocycles. The van der Waals surface area contributed by atoms with Crippen LogP contribution in [0, 0.1) is 5.82 Å². The highest BCUT2D eigenvalue weighted by Gasteiger charge is 2.22. The van der Waals surface area contributed by atoms with Gasteiger partial charge in [-0.05, 0) is 35.2 Å². The molecule has 164 valence electrons. The van der Waals surface area contributed by atoms with E-state index in [2.05, 4.69) is 40.3 Å². The van der Waals surface area contributed by atoms with Crippen molar-refractivity contribution < 1.29 is 13.9 Å². The number of fused-ring (bicyclic) bond motifs is 1. The number of halogens is 1. The van der Waals surface area contributed by atoms with Gasteiger partial charge in [-0.15, -0.1) is 0 Å². The molecule has 1 aromatic heterocycles. The molecule has 0 saturated carbocycles. The first-order valence-electron chi connectivity index (χ1n) is 11.1. The Labute approximate surface area is 182 Å². The van der Waals surface area contributed by atoms with Gasteiger partial charge in [0.2, 0.25) is 5.91 Å². The van der Waals surface area contributed by atoms with Crippen molar-refractivity contribution >= 4 is 16.8 Å². The van der Waals surface area contributed by atoms with Crippen LogP contribution in [-0.4, -0.2) is 55.2 Å². The number of ether oxygens (including phenoxy) is 1. The Hall–Kier alpha value is -2.70. The number of aryl methyl sites for hydroxylation is 1. The maximum absolute atomic E-state index is 13.6. The molecule has 0 bridgehead atoms. The lowest BCUT2D eigenvalue weighted by Gasteiger charge is -2.26. The highest BCUT2D eigenvalue weighted by molar-refractivity contribution is 5.88. The van der Waals surface area contributed by atoms with E-state index in [-0.39, 0.29) is 17.6 Å². The van der Waals surface area contributed by atoms with Crippen LogP contribution in [0.15, 0.2) is 48.7 Å². The molecular weight excluding hydrogens is 393 g/mol. The van der Waals surface area contributed by atoms with E-state index in [1.165, 1.54) is 17.7 Å². The normalized spacial score (nSPS) is 15.8. The number of carbonyl (C=O) groups is 1. The predicted octanol–water partition coefficient (Wildman–Crippen LogP) is 3.84. The number of carbonyl (C=O) groups excluding carboxylic acids is 1. The van der Waals surface area contributed by atoms with Gasteiger partial charge in [-0.2, -0.15) is 0 Å². The van der Waals surface area contributed by atoms with Crippen LogP contribution < -0.4 is 5.32 Å². The molecule has 2 N–H and O–H groups in total. The Bertz CT molecular complexity index is 1010. The third kappa shape index (κ3) is 5.14. The van der Waals surface area contributed by atoms with E-state index in [4.69, 9.17) is 4.74 Å². The molecule has 3 aromatic rings. The van der Waals surface area contributed by atoms with E-state index in [1.54, 1.807) is 12.1 Å². The highest BCUT2D eigenvalue weighted by atomic mass is 19.1. The van der Waals surface area contributed by atoms with Gasteiger partial charge in [-0.1, -0.05) is 37.3 Å². The van der Waals surface area contributed by atoms with Crippen LogP contribution in [0.5, 0.6) is 0 Å². The molecule has 0 radical (unpaired) electrons. The van der Waals surface area contributed by atoms with Gasteiger partial charge in [0, 0.05) is 55.6 Å². The molecule has 1 aliphatic rings. The Morgan fingerprint density at radius 2 is 1.97 bits per heavy atom. The van der Waals surface area contributed by atoms with E-state index in [1.807, 2.05) is 6.20 Å². The van der Waals surface area contributed by atoms with Crippen molar-refractivity contribution in [1.82, 2.24) is 15.2 Å². The summed E-state index contributed by atoms with van der Waals surface area (Å²) >= 11 is 0. The number of H-pyrrole nitrogens is 1. The summed E-state index contributed by atoms with van der Waals surface area (Å²) in [6.07, 6.45) is 3.25. The Morgan fingerprint density at radius 3 is 2.71 bits per heavy atom. The van der Waals surface area contributed by atoms with Crippen molar-refractivity contribution in [3.63, 3.8) is 0 Å². The second-order valence-electron chi connectivity index (χ2n) is 8.05. The monoisotopic (exact) mass is 423 g/mol. The summed E-state index contributed by atoms with van der Waals surface area (Å²) in [4.78, 5) is 18.6. The number of aromatic amines is 1. The van der Waals surface area contributed by atoms with E-state index in [0.29, 0.717) is 13.0 Å². The summed E-state index contributed by atoms with van der Waals surface area (Å²) in [7, 11) is 0. The van der Waals surface area contributed by atoms with Crippen molar-refractivity contribution in [3.05, 3.63) is 71.2 Å². The topological polar surface area (TPSA) is 57.4 Å². The fourth-order valence-electron chi connectivity index (χ4n) is 4.36. The third-order valence-corrected chi connectivity index (χ3v) is 6.11. The van der Waals surface area contributed by atoms with Crippen LogP contribution >= 0.6 is 0 Å². The Balaban J connectivity index is 1.52. The third-order valence-electron chi connectivity index (χ3n) is 6.11. The average Bonchev–Trinajstić information content (AvgIpc) is 3.23. The zero-order valence-electron chi connectivity index (χ0n) is 18.0. The second-order valence-corrected chi connectivity index (χ2v) is 8.05. The molecule has 0 spiro atoms. The number of para-hydroxylation sites is 1. The maximum Gasteiger partial charge on any atom is 0.220 e. The molecule has 1 atom stereocenters. The summed E-state index contributed by atoms with van der Waals surface area (Å²) in [5.74, 6) is -0.418. The van der Waals surface area contributed by atoms with Crippen LogP contribution in [0.1, 0.15) is 36.0 Å². The number of morpholine rings is 1. The summed E-state index contributed by atoms with van der Waals surface area (Å²) in [6.45, 7) is 6.88. The van der Waals surface area contributed by atoms with Gasteiger partial charge in [-0.3, -0.25) is 9.69 Å². The van der Waals surface area contributed by atoms with Crippen molar-refractivity contribution in [1.29, 1.82) is 0 Å². The van der Waals surface area contributed by atoms with Gasteiger partial charge >= 0.3 is 0 Å². The molecule has 1 aliphatic heterocycles. The smallest absolute Gasteiger partial charge is 0.220 e. The average molecular weight is 424 g/mol. The molecule has 31 heavy (non-hydrogen) atoms. The molecule has 1 fully saturated rings. The SMILES string of the molecule is CCc1cccc2c([C@H](CC(=O)NCCN3CCOCC3)c3ccc(F)cc3)c[nH]c12. The van der Waals surface area contributed by atoms with Gasteiger partial charge in [-0.25, -0.2) is 4.39 Å². The quantitative estimate of drug-likeness (QED) is 0.579. The van der Waals surface area contributed by atoms with E-state index in [9.17, 15) is 9.18 Å². The minimum atomic E-state index is -0.273. The lowest BCUT2D eigenvalue weighted by Crippen LogP contribution is -2.41. The molecule has 4 rings (SSSR count). The first kappa shape index (κ1) is 21.5. The van der Waals surface area contributed by atoms with E-state index < -0.39 is 0 Å². The van der Waals surface area contributed by atoms with Crippen molar-refractivity contribution in [3.8, 4) is 0 Å². The number of amides is 1. The van der Waals surface area contributed by atoms with Crippen molar-refractivity contribution in [2.24, 2.45) is 0 Å². The van der Waals surface area contributed by atoms with Crippen molar-refractivity contribution in [2.75, 3.05) is 39.4 Å².